The summed E-state index contributed by atoms with van der Waals surface area (Å²) in [6, 6.07) is 2.41. The van der Waals surface area contributed by atoms with E-state index in [1.54, 1.807) is 0 Å². The number of halogens is 2. The molecule has 7 heteroatoms. The van der Waals surface area contributed by atoms with Gasteiger partial charge in [-0.2, -0.15) is 4.31 Å². The minimum atomic E-state index is -3.82. The summed E-state index contributed by atoms with van der Waals surface area (Å²) in [4.78, 5) is -0.358. The van der Waals surface area contributed by atoms with Crippen LogP contribution in [0.2, 0.25) is 0 Å². The fraction of sp³-hybridized carbons (Fsp3) is 0.455. The lowest BCUT2D eigenvalue weighted by atomic mass is 10.3. The van der Waals surface area contributed by atoms with E-state index in [0.29, 0.717) is 6.54 Å². The quantitative estimate of drug-likeness (QED) is 0.843. The topological polar surface area (TPSA) is 63.4 Å². The van der Waals surface area contributed by atoms with Gasteiger partial charge in [-0.1, -0.05) is 0 Å². The predicted octanol–water partition coefficient (Wildman–Crippen LogP) is 2.34. The molecule has 1 aromatic rings. The number of hydrogen-bond acceptors (Lipinski definition) is 3. The molecular formula is C11H14BrFN2O2S. The van der Waals surface area contributed by atoms with Gasteiger partial charge in [-0.05, 0) is 47.8 Å². The molecule has 2 rings (SSSR count). The van der Waals surface area contributed by atoms with Crippen molar-refractivity contribution in [3.8, 4) is 0 Å². The minimum Gasteiger partial charge on any atom is -0.399 e. The summed E-state index contributed by atoms with van der Waals surface area (Å²) in [5.74, 6) is -0.789. The Morgan fingerprint density at radius 1 is 1.50 bits per heavy atom. The molecule has 0 spiro atoms. The lowest BCUT2D eigenvalue weighted by Gasteiger charge is -2.21. The largest absolute Gasteiger partial charge is 0.399 e. The molecule has 1 saturated heterocycles. The highest BCUT2D eigenvalue weighted by atomic mass is 79.9. The zero-order valence-corrected chi connectivity index (χ0v) is 12.3. The molecule has 0 aromatic heterocycles. The second kappa shape index (κ2) is 4.79. The van der Waals surface area contributed by atoms with Gasteiger partial charge < -0.3 is 5.73 Å². The molecule has 0 amide bonds. The summed E-state index contributed by atoms with van der Waals surface area (Å²) in [7, 11) is -3.82. The zero-order chi connectivity index (χ0) is 13.5. The lowest BCUT2D eigenvalue weighted by Crippen LogP contribution is -2.34. The first-order chi connectivity index (χ1) is 8.34. The molecule has 1 aliphatic heterocycles. The fourth-order valence-corrected chi connectivity index (χ4v) is 4.59. The zero-order valence-electron chi connectivity index (χ0n) is 9.86. The van der Waals surface area contributed by atoms with Gasteiger partial charge in [0.25, 0.3) is 0 Å². The van der Waals surface area contributed by atoms with E-state index in [-0.39, 0.29) is 21.1 Å². The predicted molar refractivity (Wildman–Crippen MR) is 71.1 cm³/mol. The van der Waals surface area contributed by atoms with E-state index in [0.717, 1.165) is 12.8 Å². The highest BCUT2D eigenvalue weighted by Gasteiger charge is 2.35. The van der Waals surface area contributed by atoms with Crippen LogP contribution in [0.25, 0.3) is 0 Å². The van der Waals surface area contributed by atoms with E-state index < -0.39 is 15.8 Å². The third kappa shape index (κ3) is 2.26. The van der Waals surface area contributed by atoms with Gasteiger partial charge in [0.2, 0.25) is 10.0 Å². The van der Waals surface area contributed by atoms with Gasteiger partial charge in [0.1, 0.15) is 4.90 Å². The molecule has 2 N–H and O–H groups in total. The van der Waals surface area contributed by atoms with Crippen LogP contribution in [-0.2, 0) is 10.0 Å². The van der Waals surface area contributed by atoms with E-state index in [1.165, 1.54) is 16.4 Å². The van der Waals surface area contributed by atoms with Crippen LogP contribution in [0.4, 0.5) is 10.1 Å². The Morgan fingerprint density at radius 2 is 2.17 bits per heavy atom. The standard InChI is InChI=1S/C11H14BrFN2O2S/c1-7-3-2-4-15(7)18(16,17)10-6-8(14)5-9(12)11(10)13/h5-7H,2-4,14H2,1H3. The van der Waals surface area contributed by atoms with Crippen molar-refractivity contribution in [2.24, 2.45) is 0 Å². The number of rotatable bonds is 2. The molecule has 100 valence electrons. The van der Waals surface area contributed by atoms with E-state index >= 15 is 0 Å². The van der Waals surface area contributed by atoms with Crippen LogP contribution in [-0.4, -0.2) is 25.3 Å². The first-order valence-corrected chi connectivity index (χ1v) is 7.83. The first kappa shape index (κ1) is 13.8. The number of anilines is 1. The summed E-state index contributed by atoms with van der Waals surface area (Å²) in [5, 5.41) is 0. The van der Waals surface area contributed by atoms with Crippen molar-refractivity contribution < 1.29 is 12.8 Å². The maximum Gasteiger partial charge on any atom is 0.246 e. The summed E-state index contributed by atoms with van der Waals surface area (Å²) in [5.41, 5.74) is 5.80. The highest BCUT2D eigenvalue weighted by Crippen LogP contribution is 2.31. The van der Waals surface area contributed by atoms with Gasteiger partial charge in [0, 0.05) is 18.3 Å². The van der Waals surface area contributed by atoms with Crippen molar-refractivity contribution >= 4 is 31.6 Å². The maximum absolute atomic E-state index is 13.9. The van der Waals surface area contributed by atoms with Gasteiger partial charge in [0.05, 0.1) is 4.47 Å². The number of nitrogen functional groups attached to an aromatic ring is 1. The summed E-state index contributed by atoms with van der Waals surface area (Å²) in [6.45, 7) is 2.25. The van der Waals surface area contributed by atoms with Crippen molar-refractivity contribution in [2.45, 2.75) is 30.7 Å². The molecule has 0 saturated carbocycles. The highest BCUT2D eigenvalue weighted by molar-refractivity contribution is 9.10. The molecule has 1 aromatic carbocycles. The van der Waals surface area contributed by atoms with Crippen molar-refractivity contribution in [3.63, 3.8) is 0 Å². The SMILES string of the molecule is CC1CCCN1S(=O)(=O)c1cc(N)cc(Br)c1F. The summed E-state index contributed by atoms with van der Waals surface area (Å²) in [6.07, 6.45) is 1.59. The van der Waals surface area contributed by atoms with Crippen molar-refractivity contribution in [3.05, 3.63) is 22.4 Å². The fourth-order valence-electron chi connectivity index (χ4n) is 2.16. The van der Waals surface area contributed by atoms with E-state index in [4.69, 9.17) is 5.73 Å². The normalized spacial score (nSPS) is 21.4. The third-order valence-corrected chi connectivity index (χ3v) is 5.69. The molecule has 4 nitrogen and oxygen atoms in total. The van der Waals surface area contributed by atoms with E-state index in [2.05, 4.69) is 15.9 Å². The number of nitrogens with two attached hydrogens (primary N) is 1. The van der Waals surface area contributed by atoms with Crippen LogP contribution < -0.4 is 5.73 Å². The van der Waals surface area contributed by atoms with Crippen molar-refractivity contribution in [2.75, 3.05) is 12.3 Å². The van der Waals surface area contributed by atoms with Gasteiger partial charge in [-0.3, -0.25) is 0 Å². The van der Waals surface area contributed by atoms with Gasteiger partial charge >= 0.3 is 0 Å². The second-order valence-corrected chi connectivity index (χ2v) is 7.14. The smallest absolute Gasteiger partial charge is 0.246 e. The van der Waals surface area contributed by atoms with Crippen LogP contribution in [0.3, 0.4) is 0 Å². The molecular weight excluding hydrogens is 323 g/mol. The number of nitrogens with zero attached hydrogens (tertiary/aromatic N) is 1. The molecule has 0 radical (unpaired) electrons. The van der Waals surface area contributed by atoms with Crippen LogP contribution >= 0.6 is 15.9 Å². The van der Waals surface area contributed by atoms with E-state index in [9.17, 15) is 12.8 Å². The molecule has 1 aliphatic rings. The Bertz CT molecular complexity index is 577. The Labute approximate surface area is 114 Å². The van der Waals surface area contributed by atoms with Gasteiger partial charge in [-0.15, -0.1) is 0 Å². The Hall–Kier alpha value is -0.660. The number of hydrogen-bond donors (Lipinski definition) is 1. The van der Waals surface area contributed by atoms with Crippen LogP contribution in [0.15, 0.2) is 21.5 Å². The van der Waals surface area contributed by atoms with E-state index in [1.807, 2.05) is 6.92 Å². The molecule has 0 bridgehead atoms. The molecule has 1 unspecified atom stereocenters. The minimum absolute atomic E-state index is 0.0629. The lowest BCUT2D eigenvalue weighted by molar-refractivity contribution is 0.404. The third-order valence-electron chi connectivity index (χ3n) is 3.10. The number of benzene rings is 1. The molecule has 0 aliphatic carbocycles. The van der Waals surface area contributed by atoms with Crippen LogP contribution in [0, 0.1) is 5.82 Å². The van der Waals surface area contributed by atoms with Gasteiger partial charge in [0.15, 0.2) is 5.82 Å². The summed E-state index contributed by atoms with van der Waals surface area (Å²) < 4.78 is 40.1. The van der Waals surface area contributed by atoms with Gasteiger partial charge in [-0.25, -0.2) is 12.8 Å². The summed E-state index contributed by atoms with van der Waals surface area (Å²) >= 11 is 2.98. The maximum atomic E-state index is 13.9. The average Bonchev–Trinajstić information content (AvgIpc) is 2.70. The average molecular weight is 337 g/mol. The van der Waals surface area contributed by atoms with Crippen molar-refractivity contribution in [1.29, 1.82) is 0 Å². The Balaban J connectivity index is 2.54. The molecule has 18 heavy (non-hydrogen) atoms. The molecule has 1 heterocycles. The first-order valence-electron chi connectivity index (χ1n) is 5.60. The van der Waals surface area contributed by atoms with Crippen LogP contribution in [0.5, 0.6) is 0 Å². The molecule has 1 fully saturated rings. The number of sulfonamides is 1. The van der Waals surface area contributed by atoms with Crippen molar-refractivity contribution in [1.82, 2.24) is 4.31 Å². The Morgan fingerprint density at radius 3 is 2.72 bits per heavy atom. The van der Waals surface area contributed by atoms with Crippen LogP contribution in [0.1, 0.15) is 19.8 Å². The molecule has 1 atom stereocenters. The monoisotopic (exact) mass is 336 g/mol. The second-order valence-electron chi connectivity index (χ2n) is 4.42. The Kier molecular flexibility index (Phi) is 3.66.